The summed E-state index contributed by atoms with van der Waals surface area (Å²) < 4.78 is 50.8. The number of alkyl halides is 3. The second-order valence-electron chi connectivity index (χ2n) is 12.8. The number of fused-ring (bicyclic) bond motifs is 1. The van der Waals surface area contributed by atoms with Crippen LogP contribution in [0.15, 0.2) is 22.6 Å². The molecule has 0 aliphatic carbocycles. The second-order valence-corrected chi connectivity index (χ2v) is 17.5. The number of pyridine rings is 1. The van der Waals surface area contributed by atoms with Crippen molar-refractivity contribution in [3.8, 4) is 11.6 Å². The normalized spacial score (nSPS) is 14.1. The number of nitrogens with zero attached hydrogens (tertiary/aromatic N) is 3. The van der Waals surface area contributed by atoms with Crippen molar-refractivity contribution in [1.29, 1.82) is 0 Å². The number of anilines is 2. The minimum atomic E-state index is -4.31. The van der Waals surface area contributed by atoms with E-state index < -0.39 is 21.0 Å². The zero-order valence-electron chi connectivity index (χ0n) is 24.7. The highest BCUT2D eigenvalue weighted by Crippen LogP contribution is 2.38. The van der Waals surface area contributed by atoms with Gasteiger partial charge in [-0.2, -0.15) is 13.2 Å². The van der Waals surface area contributed by atoms with Gasteiger partial charge in [0.1, 0.15) is 12.2 Å². The van der Waals surface area contributed by atoms with E-state index in [0.717, 1.165) is 22.9 Å². The van der Waals surface area contributed by atoms with Gasteiger partial charge in [0.15, 0.2) is 8.32 Å². The van der Waals surface area contributed by atoms with Crippen LogP contribution in [0.5, 0.6) is 0 Å². The average molecular weight is 566 g/mol. The van der Waals surface area contributed by atoms with Crippen LogP contribution in [0, 0.1) is 6.92 Å². The number of nitrogens with one attached hydrogen (secondary N) is 2. The van der Waals surface area contributed by atoms with Crippen molar-refractivity contribution in [3.63, 3.8) is 0 Å². The third kappa shape index (κ3) is 7.94. The smallest absolute Gasteiger partial charge is 0.405 e. The molecule has 2 N–H and O–H groups in total. The largest absolute Gasteiger partial charge is 0.414 e. The van der Waals surface area contributed by atoms with E-state index in [0.29, 0.717) is 29.5 Å². The molecule has 0 bridgehead atoms. The number of aryl methyl sites for hydroxylation is 1. The summed E-state index contributed by atoms with van der Waals surface area (Å²) in [7, 11) is -1.84. The SMILES string of the molecule is Cc1cc(-c2nnc(NCC[C@@H](C)O[Si](C)(C)C(C)(C)C)o2)nc2c(C(C)(C)C)cc(NCC(F)(F)F)cc12. The maximum atomic E-state index is 12.8. The Hall–Kier alpha value is -2.66. The van der Waals surface area contributed by atoms with Crippen LogP contribution in [0.1, 0.15) is 66.0 Å². The fourth-order valence-corrected chi connectivity index (χ4v) is 5.47. The van der Waals surface area contributed by atoms with Gasteiger partial charge in [0.25, 0.3) is 5.89 Å². The lowest BCUT2D eigenvalue weighted by molar-refractivity contribution is -0.115. The number of aromatic nitrogens is 3. The van der Waals surface area contributed by atoms with E-state index in [9.17, 15) is 13.2 Å². The molecule has 0 saturated heterocycles. The molecule has 216 valence electrons. The summed E-state index contributed by atoms with van der Waals surface area (Å²) in [4.78, 5) is 4.82. The first-order chi connectivity index (χ1) is 17.8. The van der Waals surface area contributed by atoms with Gasteiger partial charge in [0, 0.05) is 23.7 Å². The van der Waals surface area contributed by atoms with Gasteiger partial charge in [-0.05, 0) is 73.1 Å². The summed E-state index contributed by atoms with van der Waals surface area (Å²) in [6, 6.07) is 5.55. The van der Waals surface area contributed by atoms with Crippen molar-refractivity contribution in [2.45, 2.75) is 97.6 Å². The molecule has 3 rings (SSSR count). The highest BCUT2D eigenvalue weighted by atomic mass is 28.4. The summed E-state index contributed by atoms with van der Waals surface area (Å²) >= 11 is 0. The number of hydrogen-bond acceptors (Lipinski definition) is 7. The van der Waals surface area contributed by atoms with Crippen LogP contribution < -0.4 is 10.6 Å². The summed E-state index contributed by atoms with van der Waals surface area (Å²) in [6.07, 6.45) is -3.43. The Labute approximate surface area is 230 Å². The van der Waals surface area contributed by atoms with Crippen molar-refractivity contribution in [2.24, 2.45) is 0 Å². The Bertz CT molecular complexity index is 1290. The summed E-state index contributed by atoms with van der Waals surface area (Å²) in [5.41, 5.74) is 2.91. The summed E-state index contributed by atoms with van der Waals surface area (Å²) in [6.45, 7) is 20.6. The fraction of sp³-hybridized carbons (Fsp3) is 0.607. The van der Waals surface area contributed by atoms with E-state index in [-0.39, 0.29) is 22.4 Å². The van der Waals surface area contributed by atoms with Gasteiger partial charge in [0.05, 0.1) is 5.52 Å². The van der Waals surface area contributed by atoms with Crippen LogP contribution in [0.25, 0.3) is 22.5 Å². The van der Waals surface area contributed by atoms with E-state index in [4.69, 9.17) is 13.8 Å². The second kappa shape index (κ2) is 11.1. The van der Waals surface area contributed by atoms with Crippen molar-refractivity contribution in [2.75, 3.05) is 23.7 Å². The Balaban J connectivity index is 1.80. The minimum Gasteiger partial charge on any atom is -0.414 e. The molecule has 0 amide bonds. The molecule has 2 aromatic heterocycles. The van der Waals surface area contributed by atoms with E-state index in [1.807, 2.05) is 33.8 Å². The first-order valence-electron chi connectivity index (χ1n) is 13.3. The van der Waals surface area contributed by atoms with Crippen molar-refractivity contribution < 1.29 is 22.0 Å². The Kier molecular flexibility index (Phi) is 8.77. The maximum Gasteiger partial charge on any atom is 0.405 e. The molecule has 39 heavy (non-hydrogen) atoms. The first kappa shape index (κ1) is 30.9. The third-order valence-electron chi connectivity index (χ3n) is 7.19. The predicted molar refractivity (Wildman–Crippen MR) is 154 cm³/mol. The molecule has 0 spiro atoms. The molecule has 0 unspecified atom stereocenters. The third-order valence-corrected chi connectivity index (χ3v) is 11.8. The first-order valence-corrected chi connectivity index (χ1v) is 16.2. The molecule has 1 aromatic carbocycles. The number of rotatable bonds is 9. The van der Waals surface area contributed by atoms with Crippen molar-refractivity contribution in [3.05, 3.63) is 29.3 Å². The fourth-order valence-electron chi connectivity index (χ4n) is 4.00. The zero-order chi connectivity index (χ0) is 29.4. The quantitative estimate of drug-likeness (QED) is 0.254. The molecule has 3 aromatic rings. The average Bonchev–Trinajstić information content (AvgIpc) is 3.24. The Morgan fingerprint density at radius 1 is 1.00 bits per heavy atom. The van der Waals surface area contributed by atoms with E-state index in [1.165, 1.54) is 0 Å². The number of benzene rings is 1. The minimum absolute atomic E-state index is 0.0944. The van der Waals surface area contributed by atoms with Crippen LogP contribution >= 0.6 is 0 Å². The standard InChI is InChI=1S/C28H42F3N5O2Si/c1-17-13-22(24-35-36-25(37-24)32-12-11-18(2)38-39(9,10)27(6,7)8)34-23-20(17)14-19(33-16-28(29,30)31)15-21(23)26(3,4)5/h13-15,18,33H,11-12,16H2,1-10H3,(H,32,36)/t18-/m1/s1. The summed E-state index contributed by atoms with van der Waals surface area (Å²) in [5, 5.41) is 14.9. The number of halogens is 3. The van der Waals surface area contributed by atoms with Crippen molar-refractivity contribution >= 4 is 30.9 Å². The highest BCUT2D eigenvalue weighted by molar-refractivity contribution is 6.74. The van der Waals surface area contributed by atoms with E-state index in [2.05, 4.69) is 61.6 Å². The molecule has 0 aliphatic rings. The van der Waals surface area contributed by atoms with Crippen LogP contribution in [0.2, 0.25) is 18.1 Å². The zero-order valence-corrected chi connectivity index (χ0v) is 25.7. The van der Waals surface area contributed by atoms with Gasteiger partial charge < -0.3 is 19.5 Å². The molecule has 2 heterocycles. The monoisotopic (exact) mass is 565 g/mol. The molecule has 7 nitrogen and oxygen atoms in total. The Morgan fingerprint density at radius 3 is 2.26 bits per heavy atom. The molecule has 11 heteroatoms. The molecular formula is C28H42F3N5O2Si. The molecular weight excluding hydrogens is 523 g/mol. The van der Waals surface area contributed by atoms with Gasteiger partial charge in [-0.3, -0.25) is 0 Å². The molecule has 0 aliphatic heterocycles. The van der Waals surface area contributed by atoms with Gasteiger partial charge in [-0.1, -0.05) is 46.6 Å². The van der Waals surface area contributed by atoms with Gasteiger partial charge >= 0.3 is 12.2 Å². The van der Waals surface area contributed by atoms with Gasteiger partial charge in [-0.15, -0.1) is 5.10 Å². The highest BCUT2D eigenvalue weighted by Gasteiger charge is 2.38. The van der Waals surface area contributed by atoms with E-state index in [1.54, 1.807) is 12.1 Å². The molecule has 0 saturated carbocycles. The lowest BCUT2D eigenvalue weighted by atomic mass is 9.84. The van der Waals surface area contributed by atoms with Crippen LogP contribution in [0.4, 0.5) is 24.9 Å². The van der Waals surface area contributed by atoms with E-state index >= 15 is 0 Å². The van der Waals surface area contributed by atoms with Crippen LogP contribution in [-0.2, 0) is 9.84 Å². The van der Waals surface area contributed by atoms with Gasteiger partial charge in [-0.25, -0.2) is 4.98 Å². The molecule has 0 radical (unpaired) electrons. The van der Waals surface area contributed by atoms with Crippen LogP contribution in [0.3, 0.4) is 0 Å². The van der Waals surface area contributed by atoms with Crippen molar-refractivity contribution in [1.82, 2.24) is 15.2 Å². The maximum absolute atomic E-state index is 12.8. The molecule has 1 atom stereocenters. The van der Waals surface area contributed by atoms with Crippen LogP contribution in [-0.4, -0.2) is 48.9 Å². The lowest BCUT2D eigenvalue weighted by Gasteiger charge is -2.38. The Morgan fingerprint density at radius 2 is 1.67 bits per heavy atom. The topological polar surface area (TPSA) is 85.1 Å². The lowest BCUT2D eigenvalue weighted by Crippen LogP contribution is -2.43. The van der Waals surface area contributed by atoms with Gasteiger partial charge in [0.2, 0.25) is 0 Å². The molecule has 0 fully saturated rings. The predicted octanol–water partition coefficient (Wildman–Crippen LogP) is 8.08. The number of hydrogen-bond donors (Lipinski definition) is 2. The summed E-state index contributed by atoms with van der Waals surface area (Å²) in [5.74, 6) is 0.271.